The topological polar surface area (TPSA) is 54.0 Å². The van der Waals surface area contributed by atoms with Crippen molar-refractivity contribution in [3.05, 3.63) is 51.5 Å². The molecule has 1 unspecified atom stereocenters. The predicted octanol–water partition coefficient (Wildman–Crippen LogP) is 4.03. The highest BCUT2D eigenvalue weighted by atomic mass is 32.1. The summed E-state index contributed by atoms with van der Waals surface area (Å²) in [5, 5.41) is 7.70. The smallest absolute Gasteiger partial charge is 0.332 e. The zero-order valence-electron chi connectivity index (χ0n) is 12.6. The number of benzene rings is 1. The molecule has 2 aromatic rings. The van der Waals surface area contributed by atoms with Crippen LogP contribution in [0.5, 0.6) is 0 Å². The van der Waals surface area contributed by atoms with Crippen molar-refractivity contribution in [2.45, 2.75) is 32.6 Å². The van der Waals surface area contributed by atoms with Crippen LogP contribution >= 0.6 is 11.3 Å². The molecule has 23 heavy (non-hydrogen) atoms. The first-order chi connectivity index (χ1) is 10.8. The maximum absolute atomic E-state index is 13.0. The second-order valence-corrected chi connectivity index (χ2v) is 5.96. The highest BCUT2D eigenvalue weighted by Gasteiger charge is 2.34. The molecule has 0 aliphatic carbocycles. The van der Waals surface area contributed by atoms with Gasteiger partial charge in [-0.15, -0.1) is 11.3 Å². The predicted molar refractivity (Wildman–Crippen MR) is 82.1 cm³/mol. The first-order valence-corrected chi connectivity index (χ1v) is 7.77. The fraction of sp³-hybridized carbons (Fsp3) is 0.333. The monoisotopic (exact) mass is 343 g/mol. The van der Waals surface area contributed by atoms with E-state index in [1.807, 2.05) is 12.3 Å². The largest absolute Gasteiger partial charge is 0.416 e. The summed E-state index contributed by atoms with van der Waals surface area (Å²) in [4.78, 5) is 16.0. The van der Waals surface area contributed by atoms with Gasteiger partial charge in [0, 0.05) is 11.1 Å². The van der Waals surface area contributed by atoms with Gasteiger partial charge in [-0.25, -0.2) is 9.78 Å². The molecular formula is C15H16F3N3OS. The van der Waals surface area contributed by atoms with Gasteiger partial charge in [0.25, 0.3) is 0 Å². The number of nitrogens with zero attached hydrogens (tertiary/aromatic N) is 1. The lowest BCUT2D eigenvalue weighted by atomic mass is 10.0. The van der Waals surface area contributed by atoms with Gasteiger partial charge in [0.15, 0.2) is 0 Å². The Kier molecular flexibility index (Phi) is 5.25. The summed E-state index contributed by atoms with van der Waals surface area (Å²) in [6, 6.07) is 3.89. The van der Waals surface area contributed by atoms with Crippen molar-refractivity contribution in [3.8, 4) is 0 Å². The molecule has 0 saturated heterocycles. The number of nitrogens with one attached hydrogen (secondary N) is 2. The Hall–Kier alpha value is -2.09. The van der Waals surface area contributed by atoms with Gasteiger partial charge in [0.2, 0.25) is 0 Å². The van der Waals surface area contributed by atoms with Gasteiger partial charge in [-0.2, -0.15) is 13.2 Å². The summed E-state index contributed by atoms with van der Waals surface area (Å²) in [5.74, 6) is 0. The average Bonchev–Trinajstić information content (AvgIpc) is 2.90. The molecule has 1 aromatic carbocycles. The summed E-state index contributed by atoms with van der Waals surface area (Å²) >= 11 is 1.41. The van der Waals surface area contributed by atoms with E-state index in [0.29, 0.717) is 0 Å². The number of aromatic nitrogens is 1. The van der Waals surface area contributed by atoms with Gasteiger partial charge in [0.1, 0.15) is 5.01 Å². The number of hydrogen-bond donors (Lipinski definition) is 2. The number of thiazole rings is 1. The van der Waals surface area contributed by atoms with Crippen molar-refractivity contribution in [2.24, 2.45) is 0 Å². The van der Waals surface area contributed by atoms with Crippen molar-refractivity contribution >= 4 is 17.4 Å². The number of urea groups is 1. The lowest BCUT2D eigenvalue weighted by Crippen LogP contribution is -2.37. The quantitative estimate of drug-likeness (QED) is 0.881. The fourth-order valence-corrected chi connectivity index (χ4v) is 2.81. The standard InChI is InChI=1S/C15H16F3N3OS/c1-9-8-23-13(20-9)7-19-14(22)21-10(2)11-5-3-4-6-12(11)15(16,17)18/h3-6,8,10H,7H2,1-2H3,(H2,19,21,22). The molecule has 2 N–H and O–H groups in total. The molecule has 0 aliphatic rings. The van der Waals surface area contributed by atoms with Gasteiger partial charge >= 0.3 is 12.2 Å². The second kappa shape index (κ2) is 6.99. The number of alkyl halides is 3. The summed E-state index contributed by atoms with van der Waals surface area (Å²) in [6.45, 7) is 3.59. The lowest BCUT2D eigenvalue weighted by molar-refractivity contribution is -0.138. The van der Waals surface area contributed by atoms with E-state index in [-0.39, 0.29) is 12.1 Å². The summed E-state index contributed by atoms with van der Waals surface area (Å²) in [7, 11) is 0. The SMILES string of the molecule is Cc1csc(CNC(=O)NC(C)c2ccccc2C(F)(F)F)n1. The van der Waals surface area contributed by atoms with Crippen LogP contribution in [0.4, 0.5) is 18.0 Å². The van der Waals surface area contributed by atoms with Crippen LogP contribution in [0.2, 0.25) is 0 Å². The Morgan fingerprint density at radius 1 is 1.35 bits per heavy atom. The minimum atomic E-state index is -4.46. The summed E-state index contributed by atoms with van der Waals surface area (Å²) in [6.07, 6.45) is -4.46. The van der Waals surface area contributed by atoms with Gasteiger partial charge in [-0.3, -0.25) is 0 Å². The Balaban J connectivity index is 1.99. The van der Waals surface area contributed by atoms with Gasteiger partial charge in [-0.05, 0) is 25.5 Å². The van der Waals surface area contributed by atoms with Crippen LogP contribution in [0, 0.1) is 6.92 Å². The molecular weight excluding hydrogens is 327 g/mol. The molecule has 0 spiro atoms. The molecule has 1 atom stereocenters. The van der Waals surface area contributed by atoms with E-state index in [9.17, 15) is 18.0 Å². The zero-order valence-corrected chi connectivity index (χ0v) is 13.4. The fourth-order valence-electron chi connectivity index (χ4n) is 2.10. The molecule has 0 bridgehead atoms. The van der Waals surface area contributed by atoms with E-state index in [2.05, 4.69) is 15.6 Å². The van der Waals surface area contributed by atoms with E-state index < -0.39 is 23.8 Å². The van der Waals surface area contributed by atoms with Crippen LogP contribution < -0.4 is 10.6 Å². The third-order valence-corrected chi connectivity index (χ3v) is 4.11. The van der Waals surface area contributed by atoms with Gasteiger partial charge in [0.05, 0.1) is 18.2 Å². The van der Waals surface area contributed by atoms with Crippen molar-refractivity contribution in [2.75, 3.05) is 0 Å². The highest BCUT2D eigenvalue weighted by Crippen LogP contribution is 2.34. The molecule has 2 amide bonds. The van der Waals surface area contributed by atoms with Crippen LogP contribution in [-0.2, 0) is 12.7 Å². The first kappa shape index (κ1) is 17.3. The zero-order chi connectivity index (χ0) is 17.0. The molecule has 2 rings (SSSR count). The first-order valence-electron chi connectivity index (χ1n) is 6.89. The van der Waals surface area contributed by atoms with Crippen molar-refractivity contribution in [3.63, 3.8) is 0 Å². The van der Waals surface area contributed by atoms with E-state index in [1.54, 1.807) is 0 Å². The number of rotatable bonds is 4. The maximum Gasteiger partial charge on any atom is 0.416 e. The average molecular weight is 343 g/mol. The minimum absolute atomic E-state index is 0.0280. The van der Waals surface area contributed by atoms with Crippen LogP contribution in [0.1, 0.15) is 34.8 Å². The third-order valence-electron chi connectivity index (χ3n) is 3.15. The molecule has 0 radical (unpaired) electrons. The Morgan fingerprint density at radius 3 is 2.65 bits per heavy atom. The maximum atomic E-state index is 13.0. The number of amides is 2. The van der Waals surface area contributed by atoms with Crippen molar-refractivity contribution in [1.29, 1.82) is 0 Å². The molecule has 1 aromatic heterocycles. The molecule has 0 fully saturated rings. The van der Waals surface area contributed by atoms with Gasteiger partial charge in [-0.1, -0.05) is 18.2 Å². The Labute approximate surface area is 135 Å². The normalized spacial score (nSPS) is 12.7. The highest BCUT2D eigenvalue weighted by molar-refractivity contribution is 7.09. The summed E-state index contributed by atoms with van der Waals surface area (Å²) < 4.78 is 38.9. The number of halogens is 3. The van der Waals surface area contributed by atoms with Crippen molar-refractivity contribution < 1.29 is 18.0 Å². The number of hydrogen-bond acceptors (Lipinski definition) is 3. The van der Waals surface area contributed by atoms with E-state index >= 15 is 0 Å². The van der Waals surface area contributed by atoms with Crippen LogP contribution in [0.3, 0.4) is 0 Å². The lowest BCUT2D eigenvalue weighted by Gasteiger charge is -2.19. The third kappa shape index (κ3) is 4.69. The molecule has 1 heterocycles. The van der Waals surface area contributed by atoms with Gasteiger partial charge < -0.3 is 10.6 Å². The Bertz CT molecular complexity index is 685. The van der Waals surface area contributed by atoms with E-state index in [1.165, 1.54) is 36.5 Å². The molecule has 0 aliphatic heterocycles. The minimum Gasteiger partial charge on any atom is -0.332 e. The summed E-state index contributed by atoms with van der Waals surface area (Å²) in [5.41, 5.74) is 0.142. The molecule has 8 heteroatoms. The van der Waals surface area contributed by atoms with E-state index in [4.69, 9.17) is 0 Å². The second-order valence-electron chi connectivity index (χ2n) is 5.02. The number of carbonyl (C=O) groups excluding carboxylic acids is 1. The van der Waals surface area contributed by atoms with Crippen LogP contribution in [0.15, 0.2) is 29.6 Å². The number of aryl methyl sites for hydroxylation is 1. The molecule has 124 valence electrons. The molecule has 0 saturated carbocycles. The van der Waals surface area contributed by atoms with Crippen LogP contribution in [0.25, 0.3) is 0 Å². The van der Waals surface area contributed by atoms with Crippen molar-refractivity contribution in [1.82, 2.24) is 15.6 Å². The Morgan fingerprint density at radius 2 is 2.04 bits per heavy atom. The molecule has 4 nitrogen and oxygen atoms in total. The number of carbonyl (C=O) groups is 1. The van der Waals surface area contributed by atoms with Crippen LogP contribution in [-0.4, -0.2) is 11.0 Å². The van der Waals surface area contributed by atoms with E-state index in [0.717, 1.165) is 16.8 Å².